The molecule has 1 N–H and O–H groups in total. The van der Waals surface area contributed by atoms with Crippen molar-refractivity contribution in [3.8, 4) is 0 Å². The molecule has 35 heavy (non-hydrogen) atoms. The Morgan fingerprint density at radius 2 is 1.77 bits per heavy atom. The van der Waals surface area contributed by atoms with Gasteiger partial charge in [-0.05, 0) is 62.1 Å². The molecule has 1 unspecified atom stereocenters. The smallest absolute Gasteiger partial charge is 0.242 e. The number of aryl methyl sites for hydroxylation is 1. The van der Waals surface area contributed by atoms with Gasteiger partial charge >= 0.3 is 0 Å². The van der Waals surface area contributed by atoms with E-state index >= 15 is 0 Å². The van der Waals surface area contributed by atoms with Crippen molar-refractivity contribution in [3.05, 3.63) is 63.6 Å². The van der Waals surface area contributed by atoms with Crippen molar-refractivity contribution in [2.75, 3.05) is 23.7 Å². The van der Waals surface area contributed by atoms with Gasteiger partial charge in [-0.3, -0.25) is 13.9 Å². The molecule has 0 heterocycles. The third kappa shape index (κ3) is 8.70. The second-order valence-electron chi connectivity index (χ2n) is 8.49. The minimum absolute atomic E-state index is 0.0671. The second kappa shape index (κ2) is 13.1. The lowest BCUT2D eigenvalue weighted by molar-refractivity contribution is -0.140. The maximum absolute atomic E-state index is 13.3. The Morgan fingerprint density at radius 1 is 1.09 bits per heavy atom. The Balaban J connectivity index is 2.19. The molecule has 0 aliphatic rings. The van der Waals surface area contributed by atoms with E-state index in [9.17, 15) is 18.0 Å². The fourth-order valence-electron chi connectivity index (χ4n) is 3.64. The molecule has 0 aliphatic carbocycles. The van der Waals surface area contributed by atoms with Crippen LogP contribution in [0.2, 0.25) is 10.0 Å². The number of amides is 2. The van der Waals surface area contributed by atoms with Gasteiger partial charge in [0.15, 0.2) is 0 Å². The second-order valence-corrected chi connectivity index (χ2v) is 11.3. The molecular formula is C25H33Cl2N3O4S. The number of rotatable bonds is 12. The van der Waals surface area contributed by atoms with Crippen LogP contribution >= 0.6 is 23.2 Å². The average molecular weight is 543 g/mol. The van der Waals surface area contributed by atoms with Crippen LogP contribution in [-0.2, 0) is 26.2 Å². The first-order valence-corrected chi connectivity index (χ1v) is 14.1. The van der Waals surface area contributed by atoms with Crippen molar-refractivity contribution in [2.45, 2.75) is 52.6 Å². The molecule has 0 aromatic heterocycles. The molecule has 7 nitrogen and oxygen atoms in total. The van der Waals surface area contributed by atoms with Crippen LogP contribution in [0.1, 0.15) is 44.2 Å². The zero-order chi connectivity index (χ0) is 26.2. The number of hydrogen-bond donors (Lipinski definition) is 1. The zero-order valence-corrected chi connectivity index (χ0v) is 22.9. The summed E-state index contributed by atoms with van der Waals surface area (Å²) in [5, 5.41) is 3.80. The van der Waals surface area contributed by atoms with Crippen molar-refractivity contribution < 1.29 is 18.0 Å². The van der Waals surface area contributed by atoms with Crippen molar-refractivity contribution in [3.63, 3.8) is 0 Å². The summed E-state index contributed by atoms with van der Waals surface area (Å²) in [7, 11) is -3.60. The first-order chi connectivity index (χ1) is 16.4. The Hall–Kier alpha value is -2.29. The molecule has 0 spiro atoms. The fraction of sp³-hybridized carbons (Fsp3) is 0.440. The van der Waals surface area contributed by atoms with E-state index in [1.165, 1.54) is 9.21 Å². The van der Waals surface area contributed by atoms with Crippen LogP contribution in [0, 0.1) is 6.92 Å². The van der Waals surface area contributed by atoms with E-state index in [0.717, 1.165) is 23.8 Å². The number of carbonyl (C=O) groups is 2. The molecule has 0 saturated heterocycles. The number of nitrogens with zero attached hydrogens (tertiary/aromatic N) is 2. The van der Waals surface area contributed by atoms with Crippen molar-refractivity contribution in [1.82, 2.24) is 10.2 Å². The van der Waals surface area contributed by atoms with Crippen LogP contribution in [-0.4, -0.2) is 50.5 Å². The van der Waals surface area contributed by atoms with Gasteiger partial charge < -0.3 is 10.2 Å². The molecule has 0 fully saturated rings. The normalized spacial score (nSPS) is 12.2. The number of nitrogens with one attached hydrogen (secondary N) is 1. The maximum atomic E-state index is 13.3. The lowest BCUT2D eigenvalue weighted by Crippen LogP contribution is -2.47. The summed E-state index contributed by atoms with van der Waals surface area (Å²) in [4.78, 5) is 27.4. The molecule has 0 saturated carbocycles. The predicted octanol–water partition coefficient (Wildman–Crippen LogP) is 4.79. The van der Waals surface area contributed by atoms with Crippen molar-refractivity contribution >= 4 is 50.7 Å². The maximum Gasteiger partial charge on any atom is 0.242 e. The molecule has 0 bridgehead atoms. The quantitative estimate of drug-likeness (QED) is 0.418. The number of sulfonamides is 1. The zero-order valence-electron chi connectivity index (χ0n) is 20.6. The minimum atomic E-state index is -3.60. The third-order valence-electron chi connectivity index (χ3n) is 5.55. The van der Waals surface area contributed by atoms with E-state index in [4.69, 9.17) is 23.2 Å². The van der Waals surface area contributed by atoms with E-state index in [0.29, 0.717) is 22.3 Å². The molecule has 2 amide bonds. The van der Waals surface area contributed by atoms with Crippen molar-refractivity contribution in [1.29, 1.82) is 0 Å². The summed E-state index contributed by atoms with van der Waals surface area (Å²) in [5.74, 6) is -0.491. The number of benzene rings is 2. The number of anilines is 1. The van der Waals surface area contributed by atoms with Gasteiger partial charge in [-0.15, -0.1) is 0 Å². The summed E-state index contributed by atoms with van der Waals surface area (Å²) in [6.45, 7) is 6.28. The highest BCUT2D eigenvalue weighted by molar-refractivity contribution is 7.92. The van der Waals surface area contributed by atoms with E-state index in [1.54, 1.807) is 50.2 Å². The highest BCUT2D eigenvalue weighted by Crippen LogP contribution is 2.27. The van der Waals surface area contributed by atoms with E-state index < -0.39 is 16.1 Å². The Labute approximate surface area is 218 Å². The molecule has 1 atom stereocenters. The molecular weight excluding hydrogens is 509 g/mol. The van der Waals surface area contributed by atoms with Gasteiger partial charge in [0, 0.05) is 36.1 Å². The lowest BCUT2D eigenvalue weighted by Gasteiger charge is -2.29. The van der Waals surface area contributed by atoms with Gasteiger partial charge in [-0.2, -0.15) is 0 Å². The first-order valence-electron chi connectivity index (χ1n) is 11.5. The minimum Gasteiger partial charge on any atom is -0.354 e. The summed E-state index contributed by atoms with van der Waals surface area (Å²) >= 11 is 12.2. The Kier molecular flexibility index (Phi) is 10.9. The Morgan fingerprint density at radius 3 is 2.40 bits per heavy atom. The molecule has 192 valence electrons. The van der Waals surface area contributed by atoms with Gasteiger partial charge in [0.2, 0.25) is 21.8 Å². The molecule has 10 heteroatoms. The van der Waals surface area contributed by atoms with Gasteiger partial charge in [0.25, 0.3) is 0 Å². The Bertz CT molecular complexity index is 1140. The molecule has 0 radical (unpaired) electrons. The highest BCUT2D eigenvalue weighted by atomic mass is 35.5. The van der Waals surface area contributed by atoms with Crippen LogP contribution < -0.4 is 9.62 Å². The first kappa shape index (κ1) is 28.9. The van der Waals surface area contributed by atoms with Crippen LogP contribution in [0.25, 0.3) is 0 Å². The number of carbonyl (C=O) groups excluding carboxylic acids is 2. The summed E-state index contributed by atoms with van der Waals surface area (Å²) in [5.41, 5.74) is 2.04. The topological polar surface area (TPSA) is 86.8 Å². The predicted molar refractivity (Wildman–Crippen MR) is 142 cm³/mol. The SMILES string of the molecule is CCCNC(=O)C(C)N(Cc1cccc(Cl)c1)C(=O)CCCN(c1cc(Cl)ccc1C)S(C)(=O)=O. The molecule has 2 aromatic carbocycles. The summed E-state index contributed by atoms with van der Waals surface area (Å²) in [6, 6.07) is 11.5. The molecule has 2 rings (SSSR count). The monoisotopic (exact) mass is 541 g/mol. The highest BCUT2D eigenvalue weighted by Gasteiger charge is 2.27. The number of hydrogen-bond acceptors (Lipinski definition) is 4. The van der Waals surface area contributed by atoms with Crippen molar-refractivity contribution in [2.24, 2.45) is 0 Å². The average Bonchev–Trinajstić information content (AvgIpc) is 2.79. The summed E-state index contributed by atoms with van der Waals surface area (Å²) in [6.07, 6.45) is 2.25. The van der Waals surface area contributed by atoms with Crippen LogP contribution in [0.3, 0.4) is 0 Å². The summed E-state index contributed by atoms with van der Waals surface area (Å²) < 4.78 is 26.3. The number of halogens is 2. The van der Waals surface area contributed by atoms with Crippen LogP contribution in [0.4, 0.5) is 5.69 Å². The van der Waals surface area contributed by atoms with E-state index in [-0.39, 0.29) is 37.7 Å². The molecule has 0 aliphatic heterocycles. The van der Waals surface area contributed by atoms with E-state index in [2.05, 4.69) is 5.32 Å². The van der Waals surface area contributed by atoms with Gasteiger partial charge in [-0.25, -0.2) is 8.42 Å². The third-order valence-corrected chi connectivity index (χ3v) is 7.20. The standard InChI is InChI=1S/C25H33Cl2N3O4S/c1-5-13-28-25(32)19(3)29(17-20-8-6-9-21(26)15-20)24(31)10-7-14-30(35(4,33)34)23-16-22(27)12-11-18(23)2/h6,8-9,11-12,15-16,19H,5,7,10,13-14,17H2,1-4H3,(H,28,32). The lowest BCUT2D eigenvalue weighted by atomic mass is 10.1. The van der Waals surface area contributed by atoms with E-state index in [1.807, 2.05) is 13.0 Å². The van der Waals surface area contributed by atoms with Crippen LogP contribution in [0.5, 0.6) is 0 Å². The largest absolute Gasteiger partial charge is 0.354 e. The van der Waals surface area contributed by atoms with Crippen LogP contribution in [0.15, 0.2) is 42.5 Å². The van der Waals surface area contributed by atoms with Gasteiger partial charge in [0.1, 0.15) is 6.04 Å². The molecule has 2 aromatic rings. The fourth-order valence-corrected chi connectivity index (χ4v) is 5.04. The van der Waals surface area contributed by atoms with Gasteiger partial charge in [-0.1, -0.05) is 48.3 Å². The van der Waals surface area contributed by atoms with Gasteiger partial charge in [0.05, 0.1) is 11.9 Å².